The number of thiazole rings is 1. The first kappa shape index (κ1) is 24.9. The molecule has 198 valence electrons. The SMILES string of the molecule is CCOc1cccc(C2C(=C(O)c3ccc4c(c3)OCCO4)C(=O)C(=O)N2c2nc3c(C)cc(C)cc3s2)c1. The van der Waals surface area contributed by atoms with Crippen molar-refractivity contribution in [3.05, 3.63) is 82.4 Å². The molecule has 1 N–H and O–H groups in total. The van der Waals surface area contributed by atoms with Crippen LogP contribution in [0.5, 0.6) is 17.2 Å². The summed E-state index contributed by atoms with van der Waals surface area (Å²) in [6.45, 7) is 7.12. The molecule has 3 aromatic carbocycles. The number of benzene rings is 3. The minimum absolute atomic E-state index is 0.0301. The Bertz CT molecular complexity index is 1670. The summed E-state index contributed by atoms with van der Waals surface area (Å²) in [5, 5.41) is 11.9. The number of ketones is 1. The Balaban J connectivity index is 1.55. The fourth-order valence-electron chi connectivity index (χ4n) is 5.09. The van der Waals surface area contributed by atoms with Crippen LogP contribution in [0.3, 0.4) is 0 Å². The van der Waals surface area contributed by atoms with E-state index in [1.54, 1.807) is 30.3 Å². The molecule has 1 atom stereocenters. The van der Waals surface area contributed by atoms with Crippen molar-refractivity contribution in [3.8, 4) is 17.2 Å². The van der Waals surface area contributed by atoms with Crippen LogP contribution in [0.2, 0.25) is 0 Å². The Kier molecular flexibility index (Phi) is 6.23. The maximum atomic E-state index is 13.6. The van der Waals surface area contributed by atoms with E-state index in [4.69, 9.17) is 19.2 Å². The van der Waals surface area contributed by atoms with Gasteiger partial charge in [-0.2, -0.15) is 0 Å². The molecule has 0 bridgehead atoms. The number of fused-ring (bicyclic) bond motifs is 2. The first-order valence-electron chi connectivity index (χ1n) is 12.7. The van der Waals surface area contributed by atoms with Gasteiger partial charge >= 0.3 is 5.91 Å². The average Bonchev–Trinajstić information content (AvgIpc) is 3.47. The second kappa shape index (κ2) is 9.74. The second-order valence-electron chi connectivity index (χ2n) is 9.46. The van der Waals surface area contributed by atoms with Crippen molar-refractivity contribution >= 4 is 44.1 Å². The summed E-state index contributed by atoms with van der Waals surface area (Å²) in [4.78, 5) is 33.4. The number of aliphatic hydroxyl groups is 1. The molecule has 1 fully saturated rings. The number of carbonyl (C=O) groups is 2. The molecule has 1 aromatic heterocycles. The molecule has 0 radical (unpaired) electrons. The molecule has 6 rings (SSSR count). The number of hydrogen-bond acceptors (Lipinski definition) is 8. The Morgan fingerprint density at radius 2 is 1.87 bits per heavy atom. The zero-order chi connectivity index (χ0) is 27.3. The topological polar surface area (TPSA) is 98.2 Å². The summed E-state index contributed by atoms with van der Waals surface area (Å²) in [5.74, 6) is -0.232. The summed E-state index contributed by atoms with van der Waals surface area (Å²) < 4.78 is 17.9. The first-order valence-corrected chi connectivity index (χ1v) is 13.5. The number of amides is 1. The van der Waals surface area contributed by atoms with E-state index in [2.05, 4.69) is 0 Å². The molecule has 8 nitrogen and oxygen atoms in total. The minimum Gasteiger partial charge on any atom is -0.507 e. The van der Waals surface area contributed by atoms with Crippen molar-refractivity contribution in [3.63, 3.8) is 0 Å². The van der Waals surface area contributed by atoms with Crippen LogP contribution < -0.4 is 19.1 Å². The number of nitrogens with zero attached hydrogens (tertiary/aromatic N) is 2. The Morgan fingerprint density at radius 3 is 2.67 bits per heavy atom. The van der Waals surface area contributed by atoms with Gasteiger partial charge in [0.15, 0.2) is 16.6 Å². The van der Waals surface area contributed by atoms with Gasteiger partial charge in [0.2, 0.25) is 0 Å². The van der Waals surface area contributed by atoms with Crippen LogP contribution in [-0.4, -0.2) is 41.6 Å². The molecular weight excluding hydrogens is 516 g/mol. The predicted molar refractivity (Wildman–Crippen MR) is 149 cm³/mol. The highest BCUT2D eigenvalue weighted by Crippen LogP contribution is 2.46. The van der Waals surface area contributed by atoms with E-state index < -0.39 is 17.7 Å². The molecule has 1 saturated heterocycles. The molecular formula is C30H26N2O6S. The summed E-state index contributed by atoms with van der Waals surface area (Å²) in [6.07, 6.45) is 0. The van der Waals surface area contributed by atoms with Crippen LogP contribution in [0.1, 0.15) is 35.2 Å². The molecule has 2 aliphatic heterocycles. The maximum Gasteiger partial charge on any atom is 0.301 e. The molecule has 1 amide bonds. The monoisotopic (exact) mass is 542 g/mol. The number of hydrogen-bond donors (Lipinski definition) is 1. The second-order valence-corrected chi connectivity index (χ2v) is 10.5. The van der Waals surface area contributed by atoms with Gasteiger partial charge in [-0.15, -0.1) is 0 Å². The summed E-state index contributed by atoms with van der Waals surface area (Å²) >= 11 is 1.34. The van der Waals surface area contributed by atoms with Crippen LogP contribution in [0.4, 0.5) is 5.13 Å². The third-order valence-corrected chi connectivity index (χ3v) is 7.77. The van der Waals surface area contributed by atoms with Crippen molar-refractivity contribution in [2.75, 3.05) is 24.7 Å². The zero-order valence-electron chi connectivity index (χ0n) is 21.7. The van der Waals surface area contributed by atoms with Crippen LogP contribution in [0, 0.1) is 13.8 Å². The number of carbonyl (C=O) groups excluding carboxylic acids is 2. The highest BCUT2D eigenvalue weighted by molar-refractivity contribution is 7.22. The van der Waals surface area contributed by atoms with E-state index in [-0.39, 0.29) is 11.3 Å². The normalized spacial score (nSPS) is 18.1. The van der Waals surface area contributed by atoms with Crippen molar-refractivity contribution < 1.29 is 28.9 Å². The third kappa shape index (κ3) is 4.28. The smallest absolute Gasteiger partial charge is 0.301 e. The van der Waals surface area contributed by atoms with E-state index in [0.29, 0.717) is 53.3 Å². The van der Waals surface area contributed by atoms with Gasteiger partial charge in [-0.25, -0.2) is 4.98 Å². The van der Waals surface area contributed by atoms with Crippen molar-refractivity contribution in [2.24, 2.45) is 0 Å². The van der Waals surface area contributed by atoms with Crippen molar-refractivity contribution in [1.29, 1.82) is 0 Å². The molecule has 39 heavy (non-hydrogen) atoms. The van der Waals surface area contributed by atoms with Gasteiger partial charge in [-0.05, 0) is 73.9 Å². The maximum absolute atomic E-state index is 13.6. The van der Waals surface area contributed by atoms with E-state index >= 15 is 0 Å². The average molecular weight is 543 g/mol. The van der Waals surface area contributed by atoms with Gasteiger partial charge in [-0.3, -0.25) is 14.5 Å². The quantitative estimate of drug-likeness (QED) is 0.196. The number of aryl methyl sites for hydroxylation is 2. The van der Waals surface area contributed by atoms with Gasteiger partial charge < -0.3 is 19.3 Å². The molecule has 1 unspecified atom stereocenters. The van der Waals surface area contributed by atoms with Crippen LogP contribution in [-0.2, 0) is 9.59 Å². The molecule has 0 aliphatic carbocycles. The molecule has 0 spiro atoms. The summed E-state index contributed by atoms with van der Waals surface area (Å²) in [5.41, 5.74) is 3.77. The largest absolute Gasteiger partial charge is 0.507 e. The molecule has 0 saturated carbocycles. The summed E-state index contributed by atoms with van der Waals surface area (Å²) in [7, 11) is 0. The van der Waals surface area contributed by atoms with E-state index in [1.165, 1.54) is 16.2 Å². The predicted octanol–water partition coefficient (Wildman–Crippen LogP) is 5.71. The van der Waals surface area contributed by atoms with Gasteiger partial charge in [-0.1, -0.05) is 29.5 Å². The first-order chi connectivity index (χ1) is 18.9. The zero-order valence-corrected chi connectivity index (χ0v) is 22.5. The molecule has 9 heteroatoms. The number of aliphatic hydroxyl groups excluding tert-OH is 1. The van der Waals surface area contributed by atoms with Crippen LogP contribution >= 0.6 is 11.3 Å². The highest BCUT2D eigenvalue weighted by Gasteiger charge is 2.48. The lowest BCUT2D eigenvalue weighted by Crippen LogP contribution is -2.29. The molecule has 4 aromatic rings. The standard InChI is InChI=1S/C30H26N2O6S/c1-4-36-20-7-5-6-18(14-20)26-24(27(33)19-8-9-21-22(15-19)38-11-10-37-21)28(34)29(35)32(26)30-31-25-17(3)12-16(2)13-23(25)39-30/h5-9,12-15,26,33H,4,10-11H2,1-3H3. The van der Waals surface area contributed by atoms with Crippen molar-refractivity contribution in [2.45, 2.75) is 26.8 Å². The Morgan fingerprint density at radius 1 is 1.08 bits per heavy atom. The van der Waals surface area contributed by atoms with Crippen LogP contribution in [0.25, 0.3) is 16.0 Å². The lowest BCUT2D eigenvalue weighted by Gasteiger charge is -2.23. The highest BCUT2D eigenvalue weighted by atomic mass is 32.1. The number of ether oxygens (including phenoxy) is 3. The minimum atomic E-state index is -0.916. The Hall–Kier alpha value is -4.37. The Labute approximate surface area is 229 Å². The van der Waals surface area contributed by atoms with Gasteiger partial charge in [0.1, 0.15) is 24.7 Å². The fourth-order valence-corrected chi connectivity index (χ4v) is 6.26. The third-order valence-electron chi connectivity index (χ3n) is 6.77. The molecule has 3 heterocycles. The lowest BCUT2D eigenvalue weighted by atomic mass is 9.95. The van der Waals surface area contributed by atoms with Crippen LogP contribution in [0.15, 0.2) is 60.2 Å². The van der Waals surface area contributed by atoms with E-state index in [0.717, 1.165) is 21.3 Å². The number of rotatable bonds is 5. The van der Waals surface area contributed by atoms with E-state index in [9.17, 15) is 14.7 Å². The number of Topliss-reactive ketones (excluding diaryl/α,β-unsaturated/α-hetero) is 1. The van der Waals surface area contributed by atoms with Gasteiger partial charge in [0.25, 0.3) is 5.78 Å². The summed E-state index contributed by atoms with van der Waals surface area (Å²) in [6, 6.07) is 15.3. The van der Waals surface area contributed by atoms with Gasteiger partial charge in [0, 0.05) is 5.56 Å². The fraction of sp³-hybridized carbons (Fsp3) is 0.233. The van der Waals surface area contributed by atoms with Gasteiger partial charge in [0.05, 0.1) is 28.4 Å². The van der Waals surface area contributed by atoms with Crippen molar-refractivity contribution in [1.82, 2.24) is 4.98 Å². The lowest BCUT2D eigenvalue weighted by molar-refractivity contribution is -0.132. The number of aromatic nitrogens is 1. The van der Waals surface area contributed by atoms with E-state index in [1.807, 2.05) is 45.0 Å². The molecule has 2 aliphatic rings. The number of anilines is 1.